The molecule has 0 heterocycles. The van der Waals surface area contributed by atoms with Gasteiger partial charge in [-0.2, -0.15) is 0 Å². The van der Waals surface area contributed by atoms with E-state index >= 15 is 0 Å². The molecule has 3 nitrogen and oxygen atoms in total. The third-order valence-corrected chi connectivity index (χ3v) is 2.44. The molecule has 0 atom stereocenters. The number of ketones is 1. The minimum atomic E-state index is 0.165. The lowest BCUT2D eigenvalue weighted by atomic mass is 10.0. The Kier molecular flexibility index (Phi) is 1.65. The summed E-state index contributed by atoms with van der Waals surface area (Å²) in [5.74, 6) is 0.165. The molecule has 3 heteroatoms. The first-order valence-corrected chi connectivity index (χ1v) is 4.19. The highest BCUT2D eigenvalue weighted by molar-refractivity contribution is 6.04. The van der Waals surface area contributed by atoms with E-state index in [9.17, 15) is 4.79 Å². The van der Waals surface area contributed by atoms with Crippen molar-refractivity contribution < 1.29 is 4.79 Å². The third-order valence-electron chi connectivity index (χ3n) is 2.44. The molecule has 0 aromatic heterocycles. The Morgan fingerprint density at radius 1 is 1.38 bits per heavy atom. The summed E-state index contributed by atoms with van der Waals surface area (Å²) in [4.78, 5) is 11.3. The lowest BCUT2D eigenvalue weighted by Crippen LogP contribution is -1.99. The predicted octanol–water partition coefficient (Wildman–Crippen LogP) is 1.40. The number of rotatable bonds is 1. The topological polar surface area (TPSA) is 66.9 Å². The Labute approximate surface area is 76.1 Å². The van der Waals surface area contributed by atoms with E-state index in [2.05, 4.69) is 0 Å². The van der Waals surface area contributed by atoms with Crippen LogP contribution < -0.4 is 5.73 Å². The second kappa shape index (κ2) is 2.69. The van der Waals surface area contributed by atoms with Crippen LogP contribution in [0.4, 0.5) is 5.69 Å². The first kappa shape index (κ1) is 7.98. The zero-order valence-corrected chi connectivity index (χ0v) is 7.13. The van der Waals surface area contributed by atoms with E-state index in [-0.39, 0.29) is 5.78 Å². The van der Waals surface area contributed by atoms with E-state index in [1.807, 2.05) is 0 Å². The molecule has 0 unspecified atom stereocenters. The maximum absolute atomic E-state index is 11.3. The van der Waals surface area contributed by atoms with Crippen molar-refractivity contribution >= 4 is 17.7 Å². The molecule has 1 aromatic rings. The molecule has 1 aliphatic carbocycles. The van der Waals surface area contributed by atoms with Crippen molar-refractivity contribution in [3.63, 3.8) is 0 Å². The van der Waals surface area contributed by atoms with Gasteiger partial charge < -0.3 is 11.1 Å². The Bertz CT molecular complexity index is 396. The maximum atomic E-state index is 11.3. The molecule has 0 radical (unpaired) electrons. The second-order valence-corrected chi connectivity index (χ2v) is 3.16. The van der Waals surface area contributed by atoms with E-state index in [1.165, 1.54) is 6.21 Å². The Hall–Kier alpha value is -1.64. The van der Waals surface area contributed by atoms with Gasteiger partial charge in [-0.25, -0.2) is 0 Å². The van der Waals surface area contributed by atoms with Gasteiger partial charge in [0, 0.05) is 29.4 Å². The lowest BCUT2D eigenvalue weighted by Gasteiger charge is -2.05. The number of hydrogen-bond acceptors (Lipinski definition) is 3. The molecule has 66 valence electrons. The minimum Gasteiger partial charge on any atom is -0.398 e. The van der Waals surface area contributed by atoms with Gasteiger partial charge in [0.25, 0.3) is 0 Å². The molecule has 0 aliphatic heterocycles. The fourth-order valence-electron chi connectivity index (χ4n) is 1.76. The van der Waals surface area contributed by atoms with E-state index in [1.54, 1.807) is 12.1 Å². The van der Waals surface area contributed by atoms with Crippen molar-refractivity contribution in [2.75, 3.05) is 5.73 Å². The van der Waals surface area contributed by atoms with Crippen LogP contribution in [0, 0.1) is 5.41 Å². The summed E-state index contributed by atoms with van der Waals surface area (Å²) in [6, 6.07) is 3.45. The summed E-state index contributed by atoms with van der Waals surface area (Å²) in [6.07, 6.45) is 2.51. The van der Waals surface area contributed by atoms with E-state index in [0.29, 0.717) is 17.7 Å². The van der Waals surface area contributed by atoms with Crippen molar-refractivity contribution in [2.24, 2.45) is 0 Å². The summed E-state index contributed by atoms with van der Waals surface area (Å²) in [7, 11) is 0. The van der Waals surface area contributed by atoms with Gasteiger partial charge >= 0.3 is 0 Å². The molecule has 0 saturated carbocycles. The first-order chi connectivity index (χ1) is 6.24. The summed E-state index contributed by atoms with van der Waals surface area (Å²) in [5.41, 5.74) is 8.67. The fraction of sp³-hybridized carbons (Fsp3) is 0.200. The van der Waals surface area contributed by atoms with Crippen LogP contribution in [-0.4, -0.2) is 12.0 Å². The first-order valence-electron chi connectivity index (χ1n) is 4.19. The predicted molar refractivity (Wildman–Crippen MR) is 51.4 cm³/mol. The molecule has 0 fully saturated rings. The number of nitrogens with two attached hydrogens (primary N) is 1. The van der Waals surface area contributed by atoms with Gasteiger partial charge in [-0.15, -0.1) is 0 Å². The number of hydrogen-bond donors (Lipinski definition) is 2. The number of fused-ring (bicyclic) bond motifs is 1. The highest BCUT2D eigenvalue weighted by Crippen LogP contribution is 2.27. The van der Waals surface area contributed by atoms with Crippen LogP contribution in [0.3, 0.4) is 0 Å². The number of benzene rings is 1. The van der Waals surface area contributed by atoms with Crippen LogP contribution in [-0.2, 0) is 6.42 Å². The standard InChI is InChI=1S/C10H10N2O/c11-5-8-6-2-4-10(13)7(6)1-3-9(8)12/h1,3,5,11H,2,4,12H2. The van der Waals surface area contributed by atoms with Gasteiger partial charge in [-0.1, -0.05) is 0 Å². The zero-order chi connectivity index (χ0) is 9.42. The fourth-order valence-corrected chi connectivity index (χ4v) is 1.76. The van der Waals surface area contributed by atoms with E-state index < -0.39 is 0 Å². The van der Waals surface area contributed by atoms with E-state index in [4.69, 9.17) is 11.1 Å². The molecular formula is C10H10N2O. The molecule has 1 aliphatic rings. The van der Waals surface area contributed by atoms with Crippen molar-refractivity contribution in [2.45, 2.75) is 12.8 Å². The smallest absolute Gasteiger partial charge is 0.163 e. The van der Waals surface area contributed by atoms with Gasteiger partial charge in [0.2, 0.25) is 0 Å². The average molecular weight is 174 g/mol. The van der Waals surface area contributed by atoms with Crippen LogP contribution in [0.1, 0.15) is 27.9 Å². The number of carbonyl (C=O) groups excluding carboxylic acids is 1. The highest BCUT2D eigenvalue weighted by atomic mass is 16.1. The van der Waals surface area contributed by atoms with Gasteiger partial charge in [0.1, 0.15) is 0 Å². The van der Waals surface area contributed by atoms with Crippen LogP contribution >= 0.6 is 0 Å². The monoisotopic (exact) mass is 174 g/mol. The van der Waals surface area contributed by atoms with Gasteiger partial charge in [0.15, 0.2) is 5.78 Å². The summed E-state index contributed by atoms with van der Waals surface area (Å²) < 4.78 is 0. The minimum absolute atomic E-state index is 0.165. The van der Waals surface area contributed by atoms with Crippen molar-refractivity contribution in [3.05, 3.63) is 28.8 Å². The number of nitrogen functional groups attached to an aromatic ring is 1. The molecule has 0 saturated heterocycles. The normalized spacial score (nSPS) is 14.3. The van der Waals surface area contributed by atoms with Crippen LogP contribution in [0.15, 0.2) is 12.1 Å². The van der Waals surface area contributed by atoms with Crippen LogP contribution in [0.5, 0.6) is 0 Å². The van der Waals surface area contributed by atoms with Gasteiger partial charge in [0.05, 0.1) is 0 Å². The third kappa shape index (κ3) is 1.04. The largest absolute Gasteiger partial charge is 0.398 e. The summed E-state index contributed by atoms with van der Waals surface area (Å²) in [6.45, 7) is 0. The molecule has 3 N–H and O–H groups in total. The molecule has 0 spiro atoms. The molecule has 2 rings (SSSR count). The Morgan fingerprint density at radius 2 is 2.15 bits per heavy atom. The van der Waals surface area contributed by atoms with Crippen LogP contribution in [0.25, 0.3) is 0 Å². The van der Waals surface area contributed by atoms with Crippen molar-refractivity contribution in [3.8, 4) is 0 Å². The average Bonchev–Trinajstić information content (AvgIpc) is 2.48. The quantitative estimate of drug-likeness (QED) is 0.499. The van der Waals surface area contributed by atoms with Crippen molar-refractivity contribution in [1.82, 2.24) is 0 Å². The number of Topliss-reactive ketones (excluding diaryl/α,β-unsaturated/α-hetero) is 1. The van der Waals surface area contributed by atoms with Crippen molar-refractivity contribution in [1.29, 1.82) is 5.41 Å². The molecular weight excluding hydrogens is 164 g/mol. The van der Waals surface area contributed by atoms with Gasteiger partial charge in [-0.3, -0.25) is 4.79 Å². The zero-order valence-electron chi connectivity index (χ0n) is 7.13. The van der Waals surface area contributed by atoms with Crippen LogP contribution in [0.2, 0.25) is 0 Å². The molecule has 0 amide bonds. The molecule has 1 aromatic carbocycles. The Morgan fingerprint density at radius 3 is 2.85 bits per heavy atom. The lowest BCUT2D eigenvalue weighted by molar-refractivity contribution is 0.0994. The van der Waals surface area contributed by atoms with Gasteiger partial charge in [-0.05, 0) is 24.1 Å². The number of carbonyl (C=O) groups is 1. The summed E-state index contributed by atoms with van der Waals surface area (Å²) >= 11 is 0. The second-order valence-electron chi connectivity index (χ2n) is 3.16. The number of nitrogens with one attached hydrogen (secondary N) is 1. The Balaban J connectivity index is 2.70. The SMILES string of the molecule is N=Cc1c(N)ccc2c1CCC2=O. The number of anilines is 1. The highest BCUT2D eigenvalue weighted by Gasteiger charge is 2.22. The molecule has 13 heavy (non-hydrogen) atoms. The molecule has 0 bridgehead atoms. The van der Waals surface area contributed by atoms with E-state index in [0.717, 1.165) is 17.5 Å². The summed E-state index contributed by atoms with van der Waals surface area (Å²) in [5, 5.41) is 7.20. The maximum Gasteiger partial charge on any atom is 0.163 e.